The maximum absolute atomic E-state index is 4.58. The van der Waals surface area contributed by atoms with E-state index in [1.165, 1.54) is 0 Å². The van der Waals surface area contributed by atoms with Crippen molar-refractivity contribution < 1.29 is 21.5 Å². The molecule has 0 unspecified atom stereocenters. The molecule has 67 valence electrons. The zero-order chi connectivity index (χ0) is 7.78. The molecule has 0 N–H and O–H groups in total. The molecule has 0 spiro atoms. The van der Waals surface area contributed by atoms with E-state index in [1.807, 2.05) is 30.3 Å². The Labute approximate surface area is 82.1 Å². The van der Waals surface area contributed by atoms with Crippen LogP contribution in [0.4, 0.5) is 0 Å². The summed E-state index contributed by atoms with van der Waals surface area (Å²) in [6.07, 6.45) is 6.75. The Balaban J connectivity index is 0.000000189. The van der Waals surface area contributed by atoms with E-state index in [-0.39, 0.29) is 17.1 Å². The molecule has 3 heteroatoms. The van der Waals surface area contributed by atoms with Crippen LogP contribution in [-0.4, -0.2) is 4.98 Å². The Morgan fingerprint density at radius 1 is 0.750 bits per heavy atom. The van der Waals surface area contributed by atoms with E-state index in [0.29, 0.717) is 0 Å². The Hall–Kier alpha value is -1.05. The number of nitrogens with zero attached hydrogens (tertiary/aromatic N) is 1. The summed E-state index contributed by atoms with van der Waals surface area (Å²) in [7, 11) is 0. The van der Waals surface area contributed by atoms with Crippen LogP contribution in [0.2, 0.25) is 0 Å². The molecule has 0 saturated carbocycles. The van der Waals surface area contributed by atoms with E-state index >= 15 is 0 Å². The SMILES string of the molecule is [Cu].c1ccncc1.c1ccoc1. The molecule has 0 fully saturated rings. The van der Waals surface area contributed by atoms with Crippen molar-refractivity contribution in [2.75, 3.05) is 0 Å². The minimum atomic E-state index is 0. The summed E-state index contributed by atoms with van der Waals surface area (Å²) >= 11 is 0. The molecule has 0 amide bonds. The summed E-state index contributed by atoms with van der Waals surface area (Å²) in [4.78, 5) is 3.78. The third kappa shape index (κ3) is 5.71. The molecule has 2 heterocycles. The fourth-order valence-corrected chi connectivity index (χ4v) is 0.539. The third-order valence-electron chi connectivity index (χ3n) is 0.992. The Kier molecular flexibility index (Phi) is 7.35. The Morgan fingerprint density at radius 2 is 1.33 bits per heavy atom. The van der Waals surface area contributed by atoms with Crippen LogP contribution in [0.3, 0.4) is 0 Å². The molecule has 2 aromatic rings. The van der Waals surface area contributed by atoms with Crippen LogP contribution in [0, 0.1) is 0 Å². The van der Waals surface area contributed by atoms with Gasteiger partial charge in [-0.25, -0.2) is 0 Å². The van der Waals surface area contributed by atoms with Crippen molar-refractivity contribution in [3.05, 3.63) is 55.3 Å². The summed E-state index contributed by atoms with van der Waals surface area (Å²) in [5.41, 5.74) is 0. The number of hydrogen-bond acceptors (Lipinski definition) is 2. The van der Waals surface area contributed by atoms with Gasteiger partial charge in [0.1, 0.15) is 0 Å². The minimum Gasteiger partial charge on any atom is -0.473 e. The quantitative estimate of drug-likeness (QED) is 0.624. The van der Waals surface area contributed by atoms with E-state index < -0.39 is 0 Å². The molecule has 0 aromatic carbocycles. The number of pyridine rings is 1. The van der Waals surface area contributed by atoms with Crippen LogP contribution >= 0.6 is 0 Å². The standard InChI is InChI=1S/C5H5N.C4H4O.Cu/c1-2-4-6-5-3-1;1-2-4-5-3-1;/h1-5H;1-4H;. The van der Waals surface area contributed by atoms with E-state index in [1.54, 1.807) is 24.9 Å². The van der Waals surface area contributed by atoms with Gasteiger partial charge in [0.15, 0.2) is 0 Å². The fraction of sp³-hybridized carbons (Fsp3) is 0. The number of hydrogen-bond donors (Lipinski definition) is 0. The number of aromatic nitrogens is 1. The first-order valence-electron chi connectivity index (χ1n) is 3.32. The molecule has 2 nitrogen and oxygen atoms in total. The predicted molar refractivity (Wildman–Crippen MR) is 42.9 cm³/mol. The average Bonchev–Trinajstić information content (AvgIpc) is 2.64. The molecule has 0 aliphatic heterocycles. The van der Waals surface area contributed by atoms with Gasteiger partial charge in [0, 0.05) is 29.5 Å². The second kappa shape index (κ2) is 8.05. The van der Waals surface area contributed by atoms with Crippen LogP contribution in [0.5, 0.6) is 0 Å². The minimum absolute atomic E-state index is 0. The maximum atomic E-state index is 4.58. The van der Waals surface area contributed by atoms with Crippen LogP contribution in [-0.2, 0) is 17.1 Å². The van der Waals surface area contributed by atoms with Crippen LogP contribution in [0.15, 0.2) is 59.7 Å². The maximum Gasteiger partial charge on any atom is 0.0902 e. The van der Waals surface area contributed by atoms with Gasteiger partial charge in [0.2, 0.25) is 0 Å². The number of furan rings is 1. The van der Waals surface area contributed by atoms with E-state index in [9.17, 15) is 0 Å². The van der Waals surface area contributed by atoms with E-state index in [2.05, 4.69) is 9.40 Å². The molecular weight excluding hydrogens is 202 g/mol. The first-order chi connectivity index (χ1) is 5.50. The molecule has 1 radical (unpaired) electrons. The Bertz CT molecular complexity index is 200. The average molecular weight is 211 g/mol. The van der Waals surface area contributed by atoms with Crippen molar-refractivity contribution in [3.8, 4) is 0 Å². The van der Waals surface area contributed by atoms with Crippen molar-refractivity contribution in [1.29, 1.82) is 0 Å². The predicted octanol–water partition coefficient (Wildman–Crippen LogP) is 2.36. The van der Waals surface area contributed by atoms with Gasteiger partial charge in [-0.1, -0.05) is 6.07 Å². The van der Waals surface area contributed by atoms with Gasteiger partial charge >= 0.3 is 0 Å². The summed E-state index contributed by atoms with van der Waals surface area (Å²) in [6, 6.07) is 9.38. The number of rotatable bonds is 0. The summed E-state index contributed by atoms with van der Waals surface area (Å²) in [5.74, 6) is 0. The summed E-state index contributed by atoms with van der Waals surface area (Å²) in [6.45, 7) is 0. The van der Waals surface area contributed by atoms with Gasteiger partial charge in [0.05, 0.1) is 12.5 Å². The van der Waals surface area contributed by atoms with E-state index in [4.69, 9.17) is 0 Å². The van der Waals surface area contributed by atoms with Crippen molar-refractivity contribution in [3.63, 3.8) is 0 Å². The third-order valence-corrected chi connectivity index (χ3v) is 0.992. The van der Waals surface area contributed by atoms with Crippen LogP contribution in [0.1, 0.15) is 0 Å². The molecule has 2 aromatic heterocycles. The fourth-order valence-electron chi connectivity index (χ4n) is 0.539. The molecule has 2 rings (SSSR count). The Morgan fingerprint density at radius 3 is 1.50 bits per heavy atom. The molecule has 0 aliphatic rings. The van der Waals surface area contributed by atoms with Crippen molar-refractivity contribution >= 4 is 0 Å². The van der Waals surface area contributed by atoms with Crippen molar-refractivity contribution in [2.45, 2.75) is 0 Å². The van der Waals surface area contributed by atoms with E-state index in [0.717, 1.165) is 0 Å². The largest absolute Gasteiger partial charge is 0.473 e. The second-order valence-corrected chi connectivity index (χ2v) is 1.82. The molecule has 0 atom stereocenters. The van der Waals surface area contributed by atoms with Crippen LogP contribution < -0.4 is 0 Å². The smallest absolute Gasteiger partial charge is 0.0902 e. The second-order valence-electron chi connectivity index (χ2n) is 1.82. The topological polar surface area (TPSA) is 26.0 Å². The first kappa shape index (κ1) is 10.9. The van der Waals surface area contributed by atoms with Gasteiger partial charge in [-0.05, 0) is 24.3 Å². The molecule has 0 saturated heterocycles. The van der Waals surface area contributed by atoms with Gasteiger partial charge in [-0.3, -0.25) is 4.98 Å². The molecule has 12 heavy (non-hydrogen) atoms. The van der Waals surface area contributed by atoms with Crippen molar-refractivity contribution in [1.82, 2.24) is 4.98 Å². The van der Waals surface area contributed by atoms with Gasteiger partial charge in [-0.15, -0.1) is 0 Å². The van der Waals surface area contributed by atoms with Gasteiger partial charge < -0.3 is 4.42 Å². The van der Waals surface area contributed by atoms with Crippen LogP contribution in [0.25, 0.3) is 0 Å². The zero-order valence-corrected chi connectivity index (χ0v) is 7.29. The molecule has 0 bridgehead atoms. The molecular formula is C9H9CuNO. The normalized spacial score (nSPS) is 7.33. The first-order valence-corrected chi connectivity index (χ1v) is 3.32. The summed E-state index contributed by atoms with van der Waals surface area (Å²) in [5, 5.41) is 0. The summed E-state index contributed by atoms with van der Waals surface area (Å²) < 4.78 is 4.58. The zero-order valence-electron chi connectivity index (χ0n) is 6.35. The van der Waals surface area contributed by atoms with Crippen molar-refractivity contribution in [2.24, 2.45) is 0 Å². The van der Waals surface area contributed by atoms with Gasteiger partial charge in [0.25, 0.3) is 0 Å². The monoisotopic (exact) mass is 210 g/mol. The molecule has 0 aliphatic carbocycles. The van der Waals surface area contributed by atoms with Gasteiger partial charge in [-0.2, -0.15) is 0 Å².